The monoisotopic (exact) mass is 386 g/mol. The lowest BCUT2D eigenvalue weighted by Gasteiger charge is -2.20. The van der Waals surface area contributed by atoms with Gasteiger partial charge in [0.1, 0.15) is 13.2 Å². The minimum absolute atomic E-state index is 0.254. The summed E-state index contributed by atoms with van der Waals surface area (Å²) in [5, 5.41) is 5.60. The Morgan fingerprint density at radius 1 is 1.22 bits per heavy atom. The van der Waals surface area contributed by atoms with Crippen molar-refractivity contribution in [2.24, 2.45) is 0 Å². The molecule has 1 aromatic rings. The molecular formula is C16H23BrN2O4. The highest BCUT2D eigenvalue weighted by Gasteiger charge is 2.15. The fraction of sp³-hybridized carbons (Fsp3) is 0.562. The minimum Gasteiger partial charge on any atom is -0.486 e. The SMILES string of the molecule is CCCCOCCCNC(=O)Nc1cc2c(cc1Br)OCCO2. The van der Waals surface area contributed by atoms with Crippen molar-refractivity contribution >= 4 is 27.6 Å². The number of hydrogen-bond acceptors (Lipinski definition) is 4. The zero-order chi connectivity index (χ0) is 16.5. The minimum atomic E-state index is -0.254. The Morgan fingerprint density at radius 2 is 1.91 bits per heavy atom. The summed E-state index contributed by atoms with van der Waals surface area (Å²) >= 11 is 3.42. The number of ether oxygens (including phenoxy) is 3. The normalized spacial score (nSPS) is 12.8. The van der Waals surface area contributed by atoms with E-state index in [9.17, 15) is 4.79 Å². The predicted molar refractivity (Wildman–Crippen MR) is 92.5 cm³/mol. The van der Waals surface area contributed by atoms with Crippen LogP contribution in [0.25, 0.3) is 0 Å². The summed E-state index contributed by atoms with van der Waals surface area (Å²) in [5.74, 6) is 1.32. The van der Waals surface area contributed by atoms with E-state index in [0.717, 1.165) is 30.3 Å². The molecule has 1 aliphatic rings. The molecular weight excluding hydrogens is 364 g/mol. The van der Waals surface area contributed by atoms with Gasteiger partial charge in [-0.15, -0.1) is 0 Å². The van der Waals surface area contributed by atoms with Gasteiger partial charge in [-0.05, 0) is 28.8 Å². The van der Waals surface area contributed by atoms with Gasteiger partial charge in [-0.2, -0.15) is 0 Å². The molecule has 0 aliphatic carbocycles. The third-order valence-electron chi connectivity index (χ3n) is 3.27. The van der Waals surface area contributed by atoms with Crippen LogP contribution in [0, 0.1) is 0 Å². The Bertz CT molecular complexity index is 525. The Kier molecular flexibility index (Phi) is 7.48. The fourth-order valence-corrected chi connectivity index (χ4v) is 2.47. The lowest BCUT2D eigenvalue weighted by molar-refractivity contribution is 0.129. The molecule has 0 saturated heterocycles. The van der Waals surface area contributed by atoms with Gasteiger partial charge in [-0.1, -0.05) is 13.3 Å². The number of anilines is 1. The maximum atomic E-state index is 11.9. The van der Waals surface area contributed by atoms with Crippen LogP contribution >= 0.6 is 15.9 Å². The summed E-state index contributed by atoms with van der Waals surface area (Å²) in [5.41, 5.74) is 0.644. The van der Waals surface area contributed by atoms with E-state index >= 15 is 0 Å². The van der Waals surface area contributed by atoms with E-state index in [4.69, 9.17) is 14.2 Å². The van der Waals surface area contributed by atoms with E-state index in [-0.39, 0.29) is 6.03 Å². The highest BCUT2D eigenvalue weighted by Crippen LogP contribution is 2.38. The highest BCUT2D eigenvalue weighted by atomic mass is 79.9. The number of fused-ring (bicyclic) bond motifs is 1. The summed E-state index contributed by atoms with van der Waals surface area (Å²) in [4.78, 5) is 11.9. The van der Waals surface area contributed by atoms with Gasteiger partial charge in [-0.3, -0.25) is 0 Å². The van der Waals surface area contributed by atoms with Crippen LogP contribution in [0.1, 0.15) is 26.2 Å². The van der Waals surface area contributed by atoms with Crippen molar-refractivity contribution in [1.82, 2.24) is 5.32 Å². The van der Waals surface area contributed by atoms with Crippen molar-refractivity contribution in [3.8, 4) is 11.5 Å². The Morgan fingerprint density at radius 3 is 2.65 bits per heavy atom. The topological polar surface area (TPSA) is 68.8 Å². The Balaban J connectivity index is 1.73. The van der Waals surface area contributed by atoms with Gasteiger partial charge in [0.25, 0.3) is 0 Å². The largest absolute Gasteiger partial charge is 0.486 e. The van der Waals surface area contributed by atoms with Crippen molar-refractivity contribution in [3.63, 3.8) is 0 Å². The van der Waals surface area contributed by atoms with Crippen LogP contribution in [0.5, 0.6) is 11.5 Å². The molecule has 2 rings (SSSR count). The first-order chi connectivity index (χ1) is 11.2. The summed E-state index contributed by atoms with van der Waals surface area (Å²) in [7, 11) is 0. The van der Waals surface area contributed by atoms with E-state index in [1.165, 1.54) is 0 Å². The van der Waals surface area contributed by atoms with Gasteiger partial charge in [0, 0.05) is 36.4 Å². The van der Waals surface area contributed by atoms with Crippen LogP contribution in [-0.2, 0) is 4.74 Å². The molecule has 6 nitrogen and oxygen atoms in total. The van der Waals surface area contributed by atoms with Crippen LogP contribution in [0.15, 0.2) is 16.6 Å². The quantitative estimate of drug-likeness (QED) is 0.670. The molecule has 1 heterocycles. The van der Waals surface area contributed by atoms with Crippen LogP contribution < -0.4 is 20.1 Å². The van der Waals surface area contributed by atoms with Gasteiger partial charge in [-0.25, -0.2) is 4.79 Å². The smallest absolute Gasteiger partial charge is 0.319 e. The van der Waals surface area contributed by atoms with E-state index < -0.39 is 0 Å². The van der Waals surface area contributed by atoms with Crippen molar-refractivity contribution in [1.29, 1.82) is 0 Å². The molecule has 0 spiro atoms. The molecule has 0 unspecified atom stereocenters. The third kappa shape index (κ3) is 5.91. The first-order valence-corrected chi connectivity index (χ1v) is 8.71. The maximum absolute atomic E-state index is 11.9. The van der Waals surface area contributed by atoms with Crippen LogP contribution in [0.4, 0.5) is 10.5 Å². The number of rotatable bonds is 8. The van der Waals surface area contributed by atoms with Crippen LogP contribution in [0.2, 0.25) is 0 Å². The third-order valence-corrected chi connectivity index (χ3v) is 3.93. The van der Waals surface area contributed by atoms with Gasteiger partial charge >= 0.3 is 6.03 Å². The lowest BCUT2D eigenvalue weighted by Crippen LogP contribution is -2.30. The summed E-state index contributed by atoms with van der Waals surface area (Å²) in [6.45, 7) is 5.19. The number of amides is 2. The molecule has 2 amide bonds. The second-order valence-electron chi connectivity index (χ2n) is 5.18. The molecule has 0 aromatic heterocycles. The predicted octanol–water partition coefficient (Wildman–Crippen LogP) is 3.55. The highest BCUT2D eigenvalue weighted by molar-refractivity contribution is 9.10. The Labute approximate surface area is 145 Å². The number of hydrogen-bond donors (Lipinski definition) is 2. The molecule has 0 fully saturated rings. The van der Waals surface area contributed by atoms with Crippen molar-refractivity contribution in [2.45, 2.75) is 26.2 Å². The van der Waals surface area contributed by atoms with E-state index in [0.29, 0.717) is 43.6 Å². The number of carbonyl (C=O) groups is 1. The second-order valence-corrected chi connectivity index (χ2v) is 6.03. The van der Waals surface area contributed by atoms with Crippen LogP contribution in [0.3, 0.4) is 0 Å². The van der Waals surface area contributed by atoms with Gasteiger partial charge in [0.15, 0.2) is 11.5 Å². The molecule has 128 valence electrons. The summed E-state index contributed by atoms with van der Waals surface area (Å²) < 4.78 is 17.2. The van der Waals surface area contributed by atoms with Crippen molar-refractivity contribution in [2.75, 3.05) is 38.3 Å². The molecule has 1 aromatic carbocycles. The molecule has 23 heavy (non-hydrogen) atoms. The number of nitrogens with one attached hydrogen (secondary N) is 2. The van der Waals surface area contributed by atoms with E-state index in [1.54, 1.807) is 12.1 Å². The maximum Gasteiger partial charge on any atom is 0.319 e. The van der Waals surface area contributed by atoms with Gasteiger partial charge in [0.05, 0.1) is 5.69 Å². The van der Waals surface area contributed by atoms with Crippen molar-refractivity contribution < 1.29 is 19.0 Å². The Hall–Kier alpha value is -1.47. The number of halogens is 1. The standard InChI is InChI=1S/C16H23BrN2O4/c1-2-3-6-21-7-4-5-18-16(20)19-13-11-15-14(10-12(13)17)22-8-9-23-15/h10-11H,2-9H2,1H3,(H2,18,19,20). The average molecular weight is 387 g/mol. The molecule has 0 saturated carbocycles. The number of unbranched alkanes of at least 4 members (excludes halogenated alkanes) is 1. The molecule has 7 heteroatoms. The van der Waals surface area contributed by atoms with E-state index in [1.807, 2.05) is 0 Å². The first-order valence-electron chi connectivity index (χ1n) is 7.92. The average Bonchev–Trinajstić information content (AvgIpc) is 2.55. The van der Waals surface area contributed by atoms with Gasteiger partial charge in [0.2, 0.25) is 0 Å². The fourth-order valence-electron chi connectivity index (χ4n) is 2.05. The van der Waals surface area contributed by atoms with E-state index in [2.05, 4.69) is 33.5 Å². The lowest BCUT2D eigenvalue weighted by atomic mass is 10.2. The molecule has 0 radical (unpaired) electrons. The number of carbonyl (C=O) groups excluding carboxylic acids is 1. The molecule has 0 bridgehead atoms. The van der Waals surface area contributed by atoms with Crippen molar-refractivity contribution in [3.05, 3.63) is 16.6 Å². The molecule has 0 atom stereocenters. The number of urea groups is 1. The summed E-state index contributed by atoms with van der Waals surface area (Å²) in [6, 6.07) is 3.30. The first kappa shape index (κ1) is 17.9. The second kappa shape index (κ2) is 9.62. The zero-order valence-electron chi connectivity index (χ0n) is 13.3. The van der Waals surface area contributed by atoms with Gasteiger partial charge < -0.3 is 24.8 Å². The molecule has 2 N–H and O–H groups in total. The molecule has 1 aliphatic heterocycles. The van der Waals surface area contributed by atoms with Crippen LogP contribution in [-0.4, -0.2) is 39.0 Å². The summed E-state index contributed by atoms with van der Waals surface area (Å²) in [6.07, 6.45) is 3.00. The number of benzene rings is 1. The zero-order valence-corrected chi connectivity index (χ0v) is 14.9.